The molecule has 124 valence electrons. The first kappa shape index (κ1) is 16.7. The summed E-state index contributed by atoms with van der Waals surface area (Å²) in [5, 5.41) is 0. The van der Waals surface area contributed by atoms with Gasteiger partial charge in [0.05, 0.1) is 0 Å². The maximum Gasteiger partial charge on any atom is 0.361 e. The Kier molecular flexibility index (Phi) is 4.97. The van der Waals surface area contributed by atoms with Crippen molar-refractivity contribution < 1.29 is 12.6 Å². The molecule has 0 aliphatic heterocycles. The van der Waals surface area contributed by atoms with E-state index in [2.05, 4.69) is 6.08 Å². The van der Waals surface area contributed by atoms with E-state index in [-0.39, 0.29) is 0 Å². The average molecular weight is 340 g/mol. The molecule has 0 aromatic heterocycles. The van der Waals surface area contributed by atoms with Crippen molar-refractivity contribution in [3.63, 3.8) is 0 Å². The van der Waals surface area contributed by atoms with Gasteiger partial charge in [0.25, 0.3) is 0 Å². The molecular formula is C20H20O3S. The third-order valence-corrected chi connectivity index (χ3v) is 4.83. The van der Waals surface area contributed by atoms with Gasteiger partial charge in [-0.15, -0.1) is 0 Å². The standard InChI is InChI=1S/C20H20O3S/c1-16-12-14-20(15-13-16,19-11-7-6-8-17(19)2)23-24(21)22-18-9-4-3-5-10-18/h3-14H,15H2,1-2H3. The van der Waals surface area contributed by atoms with Crippen molar-refractivity contribution in [3.05, 3.63) is 89.5 Å². The van der Waals surface area contributed by atoms with Gasteiger partial charge in [-0.25, -0.2) is 4.18 Å². The van der Waals surface area contributed by atoms with E-state index in [0.29, 0.717) is 12.2 Å². The fourth-order valence-electron chi connectivity index (χ4n) is 2.76. The smallest absolute Gasteiger partial charge is 0.361 e. The Labute approximate surface area is 145 Å². The predicted octanol–water partition coefficient (Wildman–Crippen LogP) is 4.77. The van der Waals surface area contributed by atoms with Gasteiger partial charge in [-0.3, -0.25) is 0 Å². The molecule has 0 bridgehead atoms. The van der Waals surface area contributed by atoms with E-state index < -0.39 is 17.0 Å². The Morgan fingerprint density at radius 1 is 1.00 bits per heavy atom. The minimum Gasteiger partial charge on any atom is -0.380 e. The summed E-state index contributed by atoms with van der Waals surface area (Å²) in [6, 6.07) is 17.0. The van der Waals surface area contributed by atoms with Crippen LogP contribution in [-0.2, 0) is 21.1 Å². The normalized spacial score (nSPS) is 21.2. The second kappa shape index (κ2) is 7.16. The number of para-hydroxylation sites is 1. The maximum atomic E-state index is 12.5. The van der Waals surface area contributed by atoms with Crippen LogP contribution in [0.3, 0.4) is 0 Å². The highest BCUT2D eigenvalue weighted by Gasteiger charge is 2.36. The first-order valence-corrected chi connectivity index (χ1v) is 8.86. The van der Waals surface area contributed by atoms with Crippen molar-refractivity contribution in [2.75, 3.05) is 0 Å². The summed E-state index contributed by atoms with van der Waals surface area (Å²) in [6.45, 7) is 4.07. The summed E-state index contributed by atoms with van der Waals surface area (Å²) >= 11 is -1.91. The van der Waals surface area contributed by atoms with Gasteiger partial charge in [0.15, 0.2) is 0 Å². The van der Waals surface area contributed by atoms with Gasteiger partial charge in [0.1, 0.15) is 11.4 Å². The molecule has 0 radical (unpaired) electrons. The second-order valence-corrected chi connectivity index (χ2v) is 6.62. The van der Waals surface area contributed by atoms with Gasteiger partial charge in [0.2, 0.25) is 0 Å². The lowest BCUT2D eigenvalue weighted by molar-refractivity contribution is 0.127. The lowest BCUT2D eigenvalue weighted by Gasteiger charge is -2.32. The molecule has 0 spiro atoms. The molecule has 24 heavy (non-hydrogen) atoms. The van der Waals surface area contributed by atoms with Crippen molar-refractivity contribution in [3.8, 4) is 5.75 Å². The highest BCUT2D eigenvalue weighted by atomic mass is 32.2. The molecule has 0 heterocycles. The second-order valence-electron chi connectivity index (χ2n) is 5.87. The quantitative estimate of drug-likeness (QED) is 0.786. The molecule has 2 unspecified atom stereocenters. The lowest BCUT2D eigenvalue weighted by Crippen LogP contribution is -2.31. The Hall–Kier alpha value is -2.17. The van der Waals surface area contributed by atoms with Gasteiger partial charge in [-0.1, -0.05) is 60.2 Å². The Bertz CT molecular complexity index is 796. The molecule has 3 nitrogen and oxygen atoms in total. The monoisotopic (exact) mass is 340 g/mol. The van der Waals surface area contributed by atoms with Crippen LogP contribution in [0.15, 0.2) is 78.4 Å². The Morgan fingerprint density at radius 2 is 1.71 bits per heavy atom. The van der Waals surface area contributed by atoms with Gasteiger partial charge in [-0.2, -0.15) is 4.21 Å². The molecule has 2 atom stereocenters. The van der Waals surface area contributed by atoms with Crippen molar-refractivity contribution in [2.45, 2.75) is 25.9 Å². The summed E-state index contributed by atoms with van der Waals surface area (Å²) in [6.07, 6.45) is 6.67. The fraction of sp³-hybridized carbons (Fsp3) is 0.200. The zero-order valence-electron chi connectivity index (χ0n) is 13.8. The number of rotatable bonds is 5. The zero-order valence-corrected chi connectivity index (χ0v) is 14.6. The molecule has 3 rings (SSSR count). The zero-order chi connectivity index (χ0) is 17.0. The van der Waals surface area contributed by atoms with E-state index in [1.54, 1.807) is 12.1 Å². The van der Waals surface area contributed by atoms with Gasteiger partial charge in [0, 0.05) is 6.42 Å². The van der Waals surface area contributed by atoms with E-state index in [9.17, 15) is 4.21 Å². The number of aryl methyl sites for hydroxylation is 1. The largest absolute Gasteiger partial charge is 0.380 e. The number of hydrogen-bond acceptors (Lipinski definition) is 3. The minimum atomic E-state index is -1.91. The number of hydrogen-bond donors (Lipinski definition) is 0. The van der Waals surface area contributed by atoms with Crippen molar-refractivity contribution in [1.82, 2.24) is 0 Å². The maximum absolute atomic E-state index is 12.5. The fourth-order valence-corrected chi connectivity index (χ4v) is 3.52. The molecular weight excluding hydrogens is 320 g/mol. The molecule has 0 saturated carbocycles. The van der Waals surface area contributed by atoms with E-state index in [1.165, 1.54) is 0 Å². The first-order chi connectivity index (χ1) is 11.6. The molecule has 4 heteroatoms. The van der Waals surface area contributed by atoms with E-state index in [0.717, 1.165) is 16.7 Å². The van der Waals surface area contributed by atoms with Crippen LogP contribution in [0.5, 0.6) is 5.75 Å². The molecule has 0 amide bonds. The Morgan fingerprint density at radius 3 is 2.38 bits per heavy atom. The van der Waals surface area contributed by atoms with Gasteiger partial charge < -0.3 is 4.18 Å². The number of benzene rings is 2. The number of allylic oxidation sites excluding steroid dienone is 2. The van der Waals surface area contributed by atoms with Gasteiger partial charge >= 0.3 is 11.4 Å². The third-order valence-electron chi connectivity index (χ3n) is 4.07. The van der Waals surface area contributed by atoms with Crippen LogP contribution in [0.2, 0.25) is 0 Å². The van der Waals surface area contributed by atoms with Crippen LogP contribution >= 0.6 is 0 Å². The van der Waals surface area contributed by atoms with Crippen LogP contribution in [0.4, 0.5) is 0 Å². The van der Waals surface area contributed by atoms with E-state index in [1.807, 2.05) is 68.5 Å². The SMILES string of the molecule is CC1=CCC(OS(=O)Oc2ccccc2)(c2ccccc2C)C=C1. The van der Waals surface area contributed by atoms with E-state index in [4.69, 9.17) is 8.37 Å². The molecule has 1 aliphatic rings. The van der Waals surface area contributed by atoms with Crippen LogP contribution in [0.1, 0.15) is 24.5 Å². The summed E-state index contributed by atoms with van der Waals surface area (Å²) in [7, 11) is 0. The molecule has 2 aromatic carbocycles. The lowest BCUT2D eigenvalue weighted by atomic mass is 9.84. The topological polar surface area (TPSA) is 35.5 Å². The predicted molar refractivity (Wildman–Crippen MR) is 96.7 cm³/mol. The highest BCUT2D eigenvalue weighted by Crippen LogP contribution is 2.38. The van der Waals surface area contributed by atoms with Crippen LogP contribution in [0.25, 0.3) is 0 Å². The van der Waals surface area contributed by atoms with E-state index >= 15 is 0 Å². The first-order valence-electron chi connectivity index (χ1n) is 7.86. The summed E-state index contributed by atoms with van der Waals surface area (Å²) in [5.41, 5.74) is 2.46. The molecule has 0 N–H and O–H groups in total. The summed E-state index contributed by atoms with van der Waals surface area (Å²) in [4.78, 5) is 0. The van der Waals surface area contributed by atoms with Crippen LogP contribution in [-0.4, -0.2) is 4.21 Å². The molecule has 1 aliphatic carbocycles. The average Bonchev–Trinajstić information content (AvgIpc) is 2.58. The Balaban J connectivity index is 1.88. The van der Waals surface area contributed by atoms with Crippen LogP contribution < -0.4 is 4.18 Å². The highest BCUT2D eigenvalue weighted by molar-refractivity contribution is 7.75. The third kappa shape index (κ3) is 3.66. The van der Waals surface area contributed by atoms with Gasteiger partial charge in [-0.05, 0) is 43.2 Å². The molecule has 2 aromatic rings. The van der Waals surface area contributed by atoms with Crippen molar-refractivity contribution >= 4 is 11.4 Å². The minimum absolute atomic E-state index is 0.516. The summed E-state index contributed by atoms with van der Waals surface area (Å²) in [5.74, 6) is 0.516. The molecule has 0 saturated heterocycles. The summed E-state index contributed by atoms with van der Waals surface area (Å²) < 4.78 is 23.8. The molecule has 0 fully saturated rings. The van der Waals surface area contributed by atoms with Crippen molar-refractivity contribution in [2.24, 2.45) is 0 Å². The van der Waals surface area contributed by atoms with Crippen molar-refractivity contribution in [1.29, 1.82) is 0 Å². The van der Waals surface area contributed by atoms with Crippen LogP contribution in [0, 0.1) is 6.92 Å².